The van der Waals surface area contributed by atoms with Gasteiger partial charge in [0.2, 0.25) is 0 Å². The Labute approximate surface area is 195 Å². The third-order valence-electron chi connectivity index (χ3n) is 4.33. The molecule has 0 saturated carbocycles. The van der Waals surface area contributed by atoms with Crippen LogP contribution in [0.2, 0.25) is 0 Å². The highest BCUT2D eigenvalue weighted by Crippen LogP contribution is 2.21. The van der Waals surface area contributed by atoms with Gasteiger partial charge in [-0.05, 0) is 73.8 Å². The van der Waals surface area contributed by atoms with Crippen LogP contribution in [0.3, 0.4) is 0 Å². The van der Waals surface area contributed by atoms with Crippen molar-refractivity contribution >= 4 is 34.9 Å². The van der Waals surface area contributed by atoms with Crippen LogP contribution >= 0.6 is 0 Å². The fraction of sp³-hybridized carbons (Fsp3) is 0.0714. The molecule has 4 rings (SSSR count). The Hall–Kier alpha value is -4.22. The molecule has 0 spiro atoms. The van der Waals surface area contributed by atoms with Crippen LogP contribution in [0, 0.1) is 0 Å². The molecule has 0 fully saturated rings. The molecule has 164 valence electrons. The topological polar surface area (TPSA) is 61.5 Å². The summed E-state index contributed by atoms with van der Waals surface area (Å²) in [6.07, 6.45) is 4.14. The Kier molecular flexibility index (Phi) is 9.41. The molecule has 0 amide bonds. The molecule has 0 aliphatic rings. The van der Waals surface area contributed by atoms with E-state index in [-0.39, 0.29) is 0 Å². The second-order valence-corrected chi connectivity index (χ2v) is 7.09. The molecule has 1 N–H and O–H groups in total. The van der Waals surface area contributed by atoms with Gasteiger partial charge in [0, 0.05) is 0 Å². The maximum atomic E-state index is 4.27. The molecule has 0 radical (unpaired) electrons. The minimum Gasteiger partial charge on any atom is -0.323 e. The molecular formula is C28H27N5. The molecule has 0 bridgehead atoms. The van der Waals surface area contributed by atoms with Gasteiger partial charge in [-0.3, -0.25) is 0 Å². The van der Waals surface area contributed by atoms with Crippen molar-refractivity contribution in [1.29, 1.82) is 0 Å². The van der Waals surface area contributed by atoms with Gasteiger partial charge in [0.15, 0.2) is 0 Å². The lowest BCUT2D eigenvalue weighted by Crippen LogP contribution is -1.89. The van der Waals surface area contributed by atoms with Crippen molar-refractivity contribution in [2.24, 2.45) is 20.5 Å². The first-order chi connectivity index (χ1) is 16.3. The van der Waals surface area contributed by atoms with Gasteiger partial charge >= 0.3 is 0 Å². The van der Waals surface area contributed by atoms with Gasteiger partial charge in [-0.15, -0.1) is 0 Å². The summed E-state index contributed by atoms with van der Waals surface area (Å²) in [4.78, 5) is 0. The normalized spacial score (nSPS) is 11.1. The summed E-state index contributed by atoms with van der Waals surface area (Å²) in [5.74, 6) is 0. The van der Waals surface area contributed by atoms with Crippen LogP contribution in [-0.4, -0.2) is 14.1 Å². The molecule has 0 aliphatic heterocycles. The van der Waals surface area contributed by atoms with Crippen LogP contribution in [0.5, 0.6) is 0 Å². The number of hydrogen-bond donors (Lipinski definition) is 1. The SMILES string of the molecule is C(=Cc1ccc(N=Nc2ccccc2)cc1)c1ccc(N=Nc2ccccc2)cc1.CNC. The van der Waals surface area contributed by atoms with Crippen LogP contribution in [0.1, 0.15) is 11.1 Å². The molecular weight excluding hydrogens is 406 g/mol. The van der Waals surface area contributed by atoms with E-state index in [9.17, 15) is 0 Å². The van der Waals surface area contributed by atoms with Crippen molar-refractivity contribution in [3.8, 4) is 0 Å². The van der Waals surface area contributed by atoms with Gasteiger partial charge in [0.1, 0.15) is 0 Å². The highest BCUT2D eigenvalue weighted by atomic mass is 15.1. The maximum absolute atomic E-state index is 4.27. The lowest BCUT2D eigenvalue weighted by Gasteiger charge is -1.97. The average Bonchev–Trinajstić information content (AvgIpc) is 2.88. The number of benzene rings is 4. The smallest absolute Gasteiger partial charge is 0.0857 e. The lowest BCUT2D eigenvalue weighted by atomic mass is 10.1. The largest absolute Gasteiger partial charge is 0.323 e. The summed E-state index contributed by atoms with van der Waals surface area (Å²) < 4.78 is 0. The Balaban J connectivity index is 0.000000968. The molecule has 5 nitrogen and oxygen atoms in total. The van der Waals surface area contributed by atoms with E-state index in [4.69, 9.17) is 0 Å². The molecule has 0 atom stereocenters. The van der Waals surface area contributed by atoms with E-state index in [0.717, 1.165) is 33.9 Å². The molecule has 4 aromatic carbocycles. The van der Waals surface area contributed by atoms with E-state index in [1.807, 2.05) is 123 Å². The molecule has 4 aromatic rings. The van der Waals surface area contributed by atoms with E-state index in [1.165, 1.54) is 0 Å². The van der Waals surface area contributed by atoms with Crippen LogP contribution < -0.4 is 5.32 Å². The minimum absolute atomic E-state index is 0.823. The molecule has 0 aliphatic carbocycles. The predicted molar refractivity (Wildman–Crippen MR) is 138 cm³/mol. The summed E-state index contributed by atoms with van der Waals surface area (Å²) in [7, 11) is 3.75. The lowest BCUT2D eigenvalue weighted by molar-refractivity contribution is 1.02. The van der Waals surface area contributed by atoms with Crippen LogP contribution in [0.15, 0.2) is 130 Å². The second kappa shape index (κ2) is 13.2. The van der Waals surface area contributed by atoms with Gasteiger partial charge in [0.25, 0.3) is 0 Å². The quantitative estimate of drug-likeness (QED) is 0.240. The zero-order valence-corrected chi connectivity index (χ0v) is 18.8. The Bertz CT molecular complexity index is 1070. The number of nitrogens with zero attached hydrogens (tertiary/aromatic N) is 4. The summed E-state index contributed by atoms with van der Waals surface area (Å²) >= 11 is 0. The summed E-state index contributed by atoms with van der Waals surface area (Å²) in [5.41, 5.74) is 5.53. The van der Waals surface area contributed by atoms with Crippen LogP contribution in [0.25, 0.3) is 12.2 Å². The third kappa shape index (κ3) is 8.44. The molecule has 5 heteroatoms. The van der Waals surface area contributed by atoms with Crippen molar-refractivity contribution in [2.45, 2.75) is 0 Å². The average molecular weight is 434 g/mol. The summed E-state index contributed by atoms with van der Waals surface area (Å²) in [5, 5.41) is 19.7. The first-order valence-corrected chi connectivity index (χ1v) is 10.7. The fourth-order valence-corrected chi connectivity index (χ4v) is 2.72. The van der Waals surface area contributed by atoms with E-state index >= 15 is 0 Å². The maximum Gasteiger partial charge on any atom is 0.0857 e. The van der Waals surface area contributed by atoms with Gasteiger partial charge in [0.05, 0.1) is 22.7 Å². The second-order valence-electron chi connectivity index (χ2n) is 7.09. The third-order valence-corrected chi connectivity index (χ3v) is 4.33. The van der Waals surface area contributed by atoms with Crippen molar-refractivity contribution in [3.05, 3.63) is 120 Å². The van der Waals surface area contributed by atoms with Gasteiger partial charge in [-0.25, -0.2) is 0 Å². The van der Waals surface area contributed by atoms with Crippen LogP contribution in [-0.2, 0) is 0 Å². The minimum atomic E-state index is 0.823. The van der Waals surface area contributed by atoms with E-state index < -0.39 is 0 Å². The van der Waals surface area contributed by atoms with Crippen molar-refractivity contribution in [1.82, 2.24) is 5.32 Å². The number of hydrogen-bond acceptors (Lipinski definition) is 5. The Morgan fingerprint density at radius 3 is 1.00 bits per heavy atom. The number of rotatable bonds is 6. The van der Waals surface area contributed by atoms with E-state index in [2.05, 4.69) is 37.9 Å². The Morgan fingerprint density at radius 2 is 0.697 bits per heavy atom. The van der Waals surface area contributed by atoms with E-state index in [0.29, 0.717) is 0 Å². The van der Waals surface area contributed by atoms with Crippen LogP contribution in [0.4, 0.5) is 22.7 Å². The molecule has 0 saturated heterocycles. The van der Waals surface area contributed by atoms with Gasteiger partial charge < -0.3 is 5.32 Å². The number of nitrogens with one attached hydrogen (secondary N) is 1. The van der Waals surface area contributed by atoms with Crippen molar-refractivity contribution in [3.63, 3.8) is 0 Å². The first-order valence-electron chi connectivity index (χ1n) is 10.7. The van der Waals surface area contributed by atoms with Crippen molar-refractivity contribution < 1.29 is 0 Å². The van der Waals surface area contributed by atoms with Gasteiger partial charge in [-0.2, -0.15) is 20.5 Å². The number of azo groups is 2. The zero-order valence-electron chi connectivity index (χ0n) is 18.8. The monoisotopic (exact) mass is 433 g/mol. The fourth-order valence-electron chi connectivity index (χ4n) is 2.72. The first kappa shape index (κ1) is 23.4. The predicted octanol–water partition coefficient (Wildman–Crippen LogP) is 8.52. The molecule has 0 unspecified atom stereocenters. The summed E-state index contributed by atoms with van der Waals surface area (Å²) in [6.45, 7) is 0. The van der Waals surface area contributed by atoms with E-state index in [1.54, 1.807) is 0 Å². The standard InChI is InChI=1S/C26H20N4.C2H7N/c1-3-7-23(8-4-1)27-29-25-17-13-21(14-18-25)11-12-22-15-19-26(20-16-22)30-28-24-9-5-2-6-10-24;1-3-2/h1-20H;3H,1-2H3. The van der Waals surface area contributed by atoms with Gasteiger partial charge in [-0.1, -0.05) is 72.8 Å². The highest BCUT2D eigenvalue weighted by molar-refractivity contribution is 5.70. The molecule has 0 heterocycles. The molecule has 0 aromatic heterocycles. The highest BCUT2D eigenvalue weighted by Gasteiger charge is 1.94. The summed E-state index contributed by atoms with van der Waals surface area (Å²) in [6, 6.07) is 35.3. The zero-order chi connectivity index (χ0) is 23.1. The Morgan fingerprint density at radius 1 is 0.424 bits per heavy atom. The van der Waals surface area contributed by atoms with Crippen molar-refractivity contribution in [2.75, 3.05) is 14.1 Å². The molecule has 33 heavy (non-hydrogen) atoms.